The molecule has 2 saturated heterocycles. The van der Waals surface area contributed by atoms with Crippen LogP contribution < -0.4 is 0 Å². The van der Waals surface area contributed by atoms with Gasteiger partial charge in [-0.1, -0.05) is 0 Å². The number of aromatic nitrogens is 2. The molecule has 0 radical (unpaired) electrons. The van der Waals surface area contributed by atoms with Crippen molar-refractivity contribution in [2.75, 3.05) is 20.1 Å². The van der Waals surface area contributed by atoms with Gasteiger partial charge in [0.15, 0.2) is 0 Å². The fraction of sp³-hybridized carbons (Fsp3) is 0.667. The highest BCUT2D eigenvalue weighted by Crippen LogP contribution is 2.42. The zero-order valence-corrected chi connectivity index (χ0v) is 15.6. The van der Waals surface area contributed by atoms with Crippen molar-refractivity contribution in [3.8, 4) is 0 Å². The van der Waals surface area contributed by atoms with E-state index in [2.05, 4.69) is 5.10 Å². The molecule has 2 aliphatic heterocycles. The zero-order chi connectivity index (χ0) is 19.1. The summed E-state index contributed by atoms with van der Waals surface area (Å²) in [5.41, 5.74) is 1.31. The van der Waals surface area contributed by atoms with Crippen LogP contribution in [0, 0.1) is 19.8 Å². The van der Waals surface area contributed by atoms with Crippen molar-refractivity contribution >= 4 is 17.8 Å². The van der Waals surface area contributed by atoms with Crippen LogP contribution in [0.1, 0.15) is 37.1 Å². The molecule has 2 amide bonds. The van der Waals surface area contributed by atoms with E-state index < -0.39 is 17.4 Å². The molecule has 3 heterocycles. The van der Waals surface area contributed by atoms with Crippen molar-refractivity contribution in [2.45, 2.75) is 51.6 Å². The van der Waals surface area contributed by atoms with E-state index in [-0.39, 0.29) is 18.2 Å². The second kappa shape index (κ2) is 6.74. The third kappa shape index (κ3) is 3.08. The first-order valence-corrected chi connectivity index (χ1v) is 9.03. The van der Waals surface area contributed by atoms with Gasteiger partial charge in [0.25, 0.3) is 0 Å². The lowest BCUT2D eigenvalue weighted by molar-refractivity contribution is -0.147. The number of hydrogen-bond donors (Lipinski definition) is 1. The summed E-state index contributed by atoms with van der Waals surface area (Å²) in [5, 5.41) is 13.9. The van der Waals surface area contributed by atoms with Crippen molar-refractivity contribution in [1.82, 2.24) is 19.6 Å². The van der Waals surface area contributed by atoms with E-state index >= 15 is 0 Å². The zero-order valence-electron chi connectivity index (χ0n) is 15.6. The molecule has 142 valence electrons. The summed E-state index contributed by atoms with van der Waals surface area (Å²) in [6.45, 7) is 5.40. The third-order valence-electron chi connectivity index (χ3n) is 5.99. The van der Waals surface area contributed by atoms with E-state index in [0.717, 1.165) is 11.4 Å². The Hall–Kier alpha value is -2.38. The summed E-state index contributed by atoms with van der Waals surface area (Å²) in [6.07, 6.45) is 1.44. The van der Waals surface area contributed by atoms with Gasteiger partial charge in [-0.2, -0.15) is 5.10 Å². The SMILES string of the molecule is Cc1cc(C)n(CCC(=O)N2CCC3(CC2)C(C(=O)O)CC(=O)N3C)n1. The number of amides is 2. The molecule has 3 rings (SSSR count). The third-order valence-corrected chi connectivity index (χ3v) is 5.99. The minimum absolute atomic E-state index is 0.0475. The molecular weight excluding hydrogens is 336 g/mol. The Morgan fingerprint density at radius 2 is 1.96 bits per heavy atom. The van der Waals surface area contributed by atoms with Crippen molar-refractivity contribution in [1.29, 1.82) is 0 Å². The van der Waals surface area contributed by atoms with E-state index in [1.807, 2.05) is 24.6 Å². The first-order valence-electron chi connectivity index (χ1n) is 9.03. The summed E-state index contributed by atoms with van der Waals surface area (Å²) in [7, 11) is 1.69. The van der Waals surface area contributed by atoms with Crippen LogP contribution in [-0.2, 0) is 20.9 Å². The molecule has 0 bridgehead atoms. The number of nitrogens with zero attached hydrogens (tertiary/aromatic N) is 4. The molecule has 8 nitrogen and oxygen atoms in total. The first-order chi connectivity index (χ1) is 12.2. The quantitative estimate of drug-likeness (QED) is 0.855. The summed E-state index contributed by atoms with van der Waals surface area (Å²) in [4.78, 5) is 39.6. The summed E-state index contributed by atoms with van der Waals surface area (Å²) >= 11 is 0. The number of aliphatic carboxylic acids is 1. The Labute approximate surface area is 152 Å². The van der Waals surface area contributed by atoms with E-state index in [9.17, 15) is 19.5 Å². The molecule has 1 aromatic heterocycles. The van der Waals surface area contributed by atoms with Gasteiger partial charge >= 0.3 is 5.97 Å². The molecule has 1 spiro atoms. The molecule has 0 saturated carbocycles. The van der Waals surface area contributed by atoms with Gasteiger partial charge in [0.05, 0.1) is 17.2 Å². The fourth-order valence-electron chi connectivity index (χ4n) is 4.39. The highest BCUT2D eigenvalue weighted by atomic mass is 16.4. The highest BCUT2D eigenvalue weighted by molar-refractivity contribution is 5.88. The lowest BCUT2D eigenvalue weighted by Gasteiger charge is -2.45. The lowest BCUT2D eigenvalue weighted by atomic mass is 9.77. The van der Waals surface area contributed by atoms with E-state index in [1.165, 1.54) is 0 Å². The molecule has 1 unspecified atom stereocenters. The van der Waals surface area contributed by atoms with Gasteiger partial charge < -0.3 is 14.9 Å². The van der Waals surface area contributed by atoms with Crippen molar-refractivity contribution < 1.29 is 19.5 Å². The Morgan fingerprint density at radius 3 is 2.50 bits per heavy atom. The molecule has 0 aromatic carbocycles. The number of hydrogen-bond acceptors (Lipinski definition) is 4. The number of likely N-dealkylation sites (tertiary alicyclic amines) is 2. The second-order valence-electron chi connectivity index (χ2n) is 7.43. The van der Waals surface area contributed by atoms with Gasteiger partial charge in [-0.15, -0.1) is 0 Å². The first kappa shape index (κ1) is 18.4. The van der Waals surface area contributed by atoms with Crippen LogP contribution >= 0.6 is 0 Å². The molecule has 26 heavy (non-hydrogen) atoms. The molecule has 1 N–H and O–H groups in total. The Bertz CT molecular complexity index is 734. The largest absolute Gasteiger partial charge is 0.481 e. The van der Waals surface area contributed by atoms with E-state index in [1.54, 1.807) is 16.8 Å². The smallest absolute Gasteiger partial charge is 0.309 e. The Kier molecular flexibility index (Phi) is 4.77. The molecule has 0 aliphatic carbocycles. The van der Waals surface area contributed by atoms with Crippen LogP contribution in [0.2, 0.25) is 0 Å². The molecular formula is C18H26N4O4. The number of rotatable bonds is 4. The van der Waals surface area contributed by atoms with Gasteiger partial charge in [0.1, 0.15) is 0 Å². The number of carboxylic acids is 1. The van der Waals surface area contributed by atoms with Gasteiger partial charge in [-0.25, -0.2) is 0 Å². The van der Waals surface area contributed by atoms with Gasteiger partial charge in [-0.05, 0) is 32.8 Å². The summed E-state index contributed by atoms with van der Waals surface area (Å²) in [5.74, 6) is -1.69. The van der Waals surface area contributed by atoms with Crippen LogP contribution in [0.4, 0.5) is 0 Å². The number of carboxylic acid groups (broad SMARTS) is 1. The predicted octanol–water partition coefficient (Wildman–Crippen LogP) is 0.814. The van der Waals surface area contributed by atoms with Gasteiger partial charge in [-0.3, -0.25) is 19.1 Å². The maximum absolute atomic E-state index is 12.5. The summed E-state index contributed by atoms with van der Waals surface area (Å²) < 4.78 is 1.84. The molecule has 1 aromatic rings. The van der Waals surface area contributed by atoms with Crippen LogP contribution in [0.3, 0.4) is 0 Å². The minimum Gasteiger partial charge on any atom is -0.481 e. The Morgan fingerprint density at radius 1 is 1.31 bits per heavy atom. The molecule has 1 atom stereocenters. The van der Waals surface area contributed by atoms with Crippen molar-refractivity contribution in [2.24, 2.45) is 5.92 Å². The van der Waals surface area contributed by atoms with Crippen LogP contribution in [0.25, 0.3) is 0 Å². The van der Waals surface area contributed by atoms with Crippen LogP contribution in [-0.4, -0.2) is 68.1 Å². The molecule has 2 fully saturated rings. The lowest BCUT2D eigenvalue weighted by Crippen LogP contribution is -2.57. The predicted molar refractivity (Wildman–Crippen MR) is 93.4 cm³/mol. The maximum Gasteiger partial charge on any atom is 0.309 e. The topological polar surface area (TPSA) is 95.7 Å². The monoisotopic (exact) mass is 362 g/mol. The molecule has 8 heteroatoms. The number of carbonyl (C=O) groups excluding carboxylic acids is 2. The normalized spacial score (nSPS) is 22.3. The highest BCUT2D eigenvalue weighted by Gasteiger charge is 2.55. The number of aryl methyl sites for hydroxylation is 3. The van der Waals surface area contributed by atoms with Crippen LogP contribution in [0.5, 0.6) is 0 Å². The van der Waals surface area contributed by atoms with Gasteiger partial charge in [0, 0.05) is 45.2 Å². The van der Waals surface area contributed by atoms with E-state index in [0.29, 0.717) is 38.9 Å². The van der Waals surface area contributed by atoms with Crippen LogP contribution in [0.15, 0.2) is 6.07 Å². The maximum atomic E-state index is 12.5. The van der Waals surface area contributed by atoms with Gasteiger partial charge in [0.2, 0.25) is 11.8 Å². The minimum atomic E-state index is -0.924. The number of carbonyl (C=O) groups is 3. The average Bonchev–Trinajstić information content (AvgIpc) is 3.04. The average molecular weight is 362 g/mol. The van der Waals surface area contributed by atoms with E-state index in [4.69, 9.17) is 0 Å². The standard InChI is InChI=1S/C18H26N4O4/c1-12-10-13(2)22(19-12)7-4-15(23)21-8-5-18(6-9-21)14(17(25)26)11-16(24)20(18)3/h10,14H,4-9,11H2,1-3H3,(H,25,26). The van der Waals surface area contributed by atoms with Crippen molar-refractivity contribution in [3.63, 3.8) is 0 Å². The fourth-order valence-corrected chi connectivity index (χ4v) is 4.39. The number of piperidine rings is 1. The van der Waals surface area contributed by atoms with Crippen molar-refractivity contribution in [3.05, 3.63) is 17.5 Å². The second-order valence-corrected chi connectivity index (χ2v) is 7.43. The Balaban J connectivity index is 1.60. The molecule has 2 aliphatic rings. The summed E-state index contributed by atoms with van der Waals surface area (Å²) in [6, 6.07) is 1.98.